The zero-order valence-electron chi connectivity index (χ0n) is 13.9. The maximum atomic E-state index is 12.2. The van der Waals surface area contributed by atoms with Crippen molar-refractivity contribution in [2.75, 3.05) is 20.3 Å². The summed E-state index contributed by atoms with van der Waals surface area (Å²) in [7, 11) is 1.62. The van der Waals surface area contributed by atoms with E-state index in [0.29, 0.717) is 18.0 Å². The van der Waals surface area contributed by atoms with Crippen molar-refractivity contribution in [3.63, 3.8) is 0 Å². The first-order chi connectivity index (χ1) is 12.3. The van der Waals surface area contributed by atoms with Crippen molar-refractivity contribution < 1.29 is 14.3 Å². The Balaban J connectivity index is 1.49. The minimum Gasteiger partial charge on any atom is -0.497 e. The summed E-state index contributed by atoms with van der Waals surface area (Å²) in [6, 6.07) is 21.3. The lowest BCUT2D eigenvalue weighted by Gasteiger charge is -2.08. The van der Waals surface area contributed by atoms with Crippen LogP contribution in [0.2, 0.25) is 0 Å². The van der Waals surface area contributed by atoms with Gasteiger partial charge in [-0.25, -0.2) is 0 Å². The van der Waals surface area contributed by atoms with E-state index in [1.807, 2.05) is 66.7 Å². The molecule has 5 heteroatoms. The predicted octanol–water partition coefficient (Wildman–Crippen LogP) is 4.23. The van der Waals surface area contributed by atoms with Gasteiger partial charge in [0.1, 0.15) is 18.1 Å². The Hall–Kier alpha value is -2.79. The standard InChI is InChI=1S/C20H19NO3S/c1-23-16-8-5-9-17(14-16)24-13-12-21-20(22)19-11-10-18(25-19)15-6-3-2-4-7-15/h2-11,14H,12-13H2,1H3,(H,21,22). The average molecular weight is 353 g/mol. The number of methoxy groups -OCH3 is 1. The Kier molecular flexibility index (Phi) is 5.69. The van der Waals surface area contributed by atoms with Gasteiger partial charge in [-0.3, -0.25) is 4.79 Å². The lowest BCUT2D eigenvalue weighted by Crippen LogP contribution is -2.27. The SMILES string of the molecule is COc1cccc(OCCNC(=O)c2ccc(-c3ccccc3)s2)c1. The van der Waals surface area contributed by atoms with Gasteiger partial charge in [-0.05, 0) is 29.8 Å². The second-order valence-electron chi connectivity index (χ2n) is 5.31. The van der Waals surface area contributed by atoms with E-state index in [1.165, 1.54) is 11.3 Å². The van der Waals surface area contributed by atoms with Crippen LogP contribution in [0.5, 0.6) is 11.5 Å². The first-order valence-electron chi connectivity index (χ1n) is 7.96. The van der Waals surface area contributed by atoms with Crippen molar-refractivity contribution in [2.45, 2.75) is 0 Å². The lowest BCUT2D eigenvalue weighted by molar-refractivity contribution is 0.0951. The second-order valence-corrected chi connectivity index (χ2v) is 6.40. The number of carbonyl (C=O) groups excluding carboxylic acids is 1. The van der Waals surface area contributed by atoms with Gasteiger partial charge in [0, 0.05) is 10.9 Å². The Morgan fingerprint density at radius 1 is 1.00 bits per heavy atom. The van der Waals surface area contributed by atoms with Gasteiger partial charge in [-0.1, -0.05) is 36.4 Å². The number of hydrogen-bond donors (Lipinski definition) is 1. The van der Waals surface area contributed by atoms with Crippen LogP contribution in [0.3, 0.4) is 0 Å². The molecule has 4 nitrogen and oxygen atoms in total. The largest absolute Gasteiger partial charge is 0.497 e. The minimum absolute atomic E-state index is 0.0820. The third-order valence-corrected chi connectivity index (χ3v) is 4.72. The molecule has 1 N–H and O–H groups in total. The van der Waals surface area contributed by atoms with E-state index in [-0.39, 0.29) is 5.91 Å². The second kappa shape index (κ2) is 8.35. The average Bonchev–Trinajstić information content (AvgIpc) is 3.16. The molecule has 0 aliphatic rings. The first-order valence-corrected chi connectivity index (χ1v) is 8.78. The van der Waals surface area contributed by atoms with E-state index in [2.05, 4.69) is 5.32 Å². The normalized spacial score (nSPS) is 10.3. The molecule has 25 heavy (non-hydrogen) atoms. The topological polar surface area (TPSA) is 47.6 Å². The van der Waals surface area contributed by atoms with E-state index in [9.17, 15) is 4.79 Å². The van der Waals surface area contributed by atoms with Crippen LogP contribution < -0.4 is 14.8 Å². The molecule has 3 rings (SSSR count). The molecule has 0 aliphatic carbocycles. The molecule has 1 aromatic heterocycles. The Morgan fingerprint density at radius 2 is 1.80 bits per heavy atom. The smallest absolute Gasteiger partial charge is 0.261 e. The number of carbonyl (C=O) groups is 1. The number of ether oxygens (including phenoxy) is 2. The van der Waals surface area contributed by atoms with Crippen molar-refractivity contribution in [1.29, 1.82) is 0 Å². The highest BCUT2D eigenvalue weighted by Crippen LogP contribution is 2.27. The fourth-order valence-electron chi connectivity index (χ4n) is 2.33. The van der Waals surface area contributed by atoms with Crippen molar-refractivity contribution in [2.24, 2.45) is 0 Å². The summed E-state index contributed by atoms with van der Waals surface area (Å²) in [6.45, 7) is 0.838. The summed E-state index contributed by atoms with van der Waals surface area (Å²) in [5.41, 5.74) is 1.12. The van der Waals surface area contributed by atoms with Crippen molar-refractivity contribution >= 4 is 17.2 Å². The number of rotatable bonds is 7. The molecule has 0 radical (unpaired) electrons. The van der Waals surface area contributed by atoms with E-state index >= 15 is 0 Å². The third kappa shape index (κ3) is 4.61. The predicted molar refractivity (Wildman–Crippen MR) is 101 cm³/mol. The van der Waals surface area contributed by atoms with Crippen LogP contribution in [-0.2, 0) is 0 Å². The van der Waals surface area contributed by atoms with Gasteiger partial charge in [0.05, 0.1) is 18.5 Å². The van der Waals surface area contributed by atoms with Gasteiger partial charge < -0.3 is 14.8 Å². The molecule has 0 aliphatic heterocycles. The lowest BCUT2D eigenvalue weighted by atomic mass is 10.2. The fraction of sp³-hybridized carbons (Fsp3) is 0.150. The highest BCUT2D eigenvalue weighted by atomic mass is 32.1. The molecule has 0 saturated carbocycles. The summed E-state index contributed by atoms with van der Waals surface area (Å²) in [6.07, 6.45) is 0. The molecule has 0 bridgehead atoms. The number of hydrogen-bond acceptors (Lipinski definition) is 4. The van der Waals surface area contributed by atoms with Crippen molar-refractivity contribution in [1.82, 2.24) is 5.32 Å². The van der Waals surface area contributed by atoms with Crippen LogP contribution in [0.25, 0.3) is 10.4 Å². The monoisotopic (exact) mass is 353 g/mol. The first kappa shape index (κ1) is 17.0. The molecule has 0 atom stereocenters. The molecule has 0 fully saturated rings. The van der Waals surface area contributed by atoms with Gasteiger partial charge >= 0.3 is 0 Å². The number of amides is 1. The zero-order valence-corrected chi connectivity index (χ0v) is 14.7. The van der Waals surface area contributed by atoms with Gasteiger partial charge in [0.25, 0.3) is 5.91 Å². The van der Waals surface area contributed by atoms with E-state index in [1.54, 1.807) is 7.11 Å². The molecular weight excluding hydrogens is 334 g/mol. The molecule has 0 unspecified atom stereocenters. The molecular formula is C20H19NO3S. The summed E-state index contributed by atoms with van der Waals surface area (Å²) in [5.74, 6) is 1.38. The summed E-state index contributed by atoms with van der Waals surface area (Å²) in [5, 5.41) is 2.88. The molecule has 1 amide bonds. The molecule has 0 spiro atoms. The fourth-order valence-corrected chi connectivity index (χ4v) is 3.26. The van der Waals surface area contributed by atoms with Crippen LogP contribution in [0.4, 0.5) is 0 Å². The van der Waals surface area contributed by atoms with E-state index < -0.39 is 0 Å². The van der Waals surface area contributed by atoms with Crippen LogP contribution in [-0.4, -0.2) is 26.2 Å². The number of nitrogens with one attached hydrogen (secondary N) is 1. The zero-order chi connectivity index (χ0) is 17.5. The molecule has 128 valence electrons. The molecule has 0 saturated heterocycles. The summed E-state index contributed by atoms with van der Waals surface area (Å²) in [4.78, 5) is 14.0. The molecule has 2 aromatic carbocycles. The van der Waals surface area contributed by atoms with Crippen LogP contribution in [0, 0.1) is 0 Å². The van der Waals surface area contributed by atoms with Gasteiger partial charge in [0.2, 0.25) is 0 Å². The minimum atomic E-state index is -0.0820. The Bertz CT molecular complexity index is 830. The van der Waals surface area contributed by atoms with Crippen molar-refractivity contribution in [3.8, 4) is 21.9 Å². The molecule has 3 aromatic rings. The maximum Gasteiger partial charge on any atom is 0.261 e. The van der Waals surface area contributed by atoms with E-state index in [4.69, 9.17) is 9.47 Å². The number of benzene rings is 2. The Labute approximate surface area is 151 Å². The van der Waals surface area contributed by atoms with Crippen LogP contribution in [0.1, 0.15) is 9.67 Å². The highest BCUT2D eigenvalue weighted by molar-refractivity contribution is 7.17. The summed E-state index contributed by atoms with van der Waals surface area (Å²) >= 11 is 1.48. The number of thiophene rings is 1. The van der Waals surface area contributed by atoms with Gasteiger partial charge in [0.15, 0.2) is 0 Å². The van der Waals surface area contributed by atoms with Crippen LogP contribution in [0.15, 0.2) is 66.7 Å². The summed E-state index contributed by atoms with van der Waals surface area (Å²) < 4.78 is 10.8. The van der Waals surface area contributed by atoms with Gasteiger partial charge in [-0.15, -0.1) is 11.3 Å². The Morgan fingerprint density at radius 3 is 2.60 bits per heavy atom. The maximum absolute atomic E-state index is 12.2. The third-order valence-electron chi connectivity index (χ3n) is 3.59. The quantitative estimate of drug-likeness (QED) is 0.647. The van der Waals surface area contributed by atoms with E-state index in [0.717, 1.165) is 21.9 Å². The van der Waals surface area contributed by atoms with Crippen molar-refractivity contribution in [3.05, 3.63) is 71.6 Å². The van der Waals surface area contributed by atoms with Gasteiger partial charge in [-0.2, -0.15) is 0 Å². The highest BCUT2D eigenvalue weighted by Gasteiger charge is 2.09. The molecule has 1 heterocycles. The van der Waals surface area contributed by atoms with Crippen LogP contribution >= 0.6 is 11.3 Å².